The molecule has 2 aliphatic rings. The van der Waals surface area contributed by atoms with Crippen LogP contribution < -0.4 is 9.47 Å². The Bertz CT molecular complexity index is 1320. The molecule has 232 valence electrons. The van der Waals surface area contributed by atoms with E-state index in [1.54, 1.807) is 12.1 Å². The molecule has 2 saturated heterocycles. The minimum Gasteiger partial charge on any atom is -0.474 e. The predicted octanol–water partition coefficient (Wildman–Crippen LogP) is 8.05. The zero-order chi connectivity index (χ0) is 30.7. The molecule has 2 fully saturated rings. The number of pyridine rings is 2. The summed E-state index contributed by atoms with van der Waals surface area (Å²) in [6.45, 7) is 10.7. The summed E-state index contributed by atoms with van der Waals surface area (Å²) in [5.41, 5.74) is 2.73. The number of benzene rings is 2. The van der Waals surface area contributed by atoms with Crippen LogP contribution in [0, 0.1) is 11.8 Å². The molecule has 4 aromatic rings. The number of hydrogen-bond acceptors (Lipinski definition) is 6. The van der Waals surface area contributed by atoms with Crippen molar-refractivity contribution in [3.63, 3.8) is 0 Å². The molecule has 4 atom stereocenters. The van der Waals surface area contributed by atoms with Gasteiger partial charge in [-0.15, -0.1) is 0 Å². The van der Waals surface area contributed by atoms with E-state index in [4.69, 9.17) is 32.7 Å². The van der Waals surface area contributed by atoms with E-state index in [1.165, 1.54) is 11.1 Å². The molecule has 0 spiro atoms. The fourth-order valence-electron chi connectivity index (χ4n) is 5.96. The average molecular weight is 634 g/mol. The number of likely N-dealkylation sites (tertiary alicyclic amines) is 2. The highest BCUT2D eigenvalue weighted by molar-refractivity contribution is 6.29. The first-order chi connectivity index (χ1) is 21.4. The molecule has 0 bridgehead atoms. The van der Waals surface area contributed by atoms with Crippen molar-refractivity contribution in [3.05, 3.63) is 118 Å². The van der Waals surface area contributed by atoms with Gasteiger partial charge in [-0.2, -0.15) is 0 Å². The summed E-state index contributed by atoms with van der Waals surface area (Å²) < 4.78 is 12.0. The standard InChI is InChI=1S/2C18H21ClN2O/c2*1-14-12-21(13-15-6-3-2-4-7-15)11-10-16(14)22-18-9-5-8-17(19)20-18/h2*2-9,14,16H,10-13H2,1H3/t2*14-,16+/m10/s1. The summed E-state index contributed by atoms with van der Waals surface area (Å²) >= 11 is 11.8. The van der Waals surface area contributed by atoms with Crippen LogP contribution in [-0.2, 0) is 13.1 Å². The molecular formula is C36H42Cl2N4O2. The van der Waals surface area contributed by atoms with E-state index in [-0.39, 0.29) is 12.2 Å². The van der Waals surface area contributed by atoms with Gasteiger partial charge in [0.1, 0.15) is 22.5 Å². The molecule has 6 rings (SSSR count). The lowest BCUT2D eigenvalue weighted by atomic mass is 9.96. The molecule has 4 heterocycles. The van der Waals surface area contributed by atoms with Crippen molar-refractivity contribution < 1.29 is 9.47 Å². The number of hydrogen-bond donors (Lipinski definition) is 0. The monoisotopic (exact) mass is 632 g/mol. The van der Waals surface area contributed by atoms with Crippen LogP contribution in [0.3, 0.4) is 0 Å². The predicted molar refractivity (Wildman–Crippen MR) is 178 cm³/mol. The topological polar surface area (TPSA) is 50.7 Å². The third-order valence-electron chi connectivity index (χ3n) is 8.24. The van der Waals surface area contributed by atoms with Crippen molar-refractivity contribution in [2.24, 2.45) is 11.8 Å². The Morgan fingerprint density at radius 1 is 0.591 bits per heavy atom. The van der Waals surface area contributed by atoms with Crippen LogP contribution >= 0.6 is 23.2 Å². The fraction of sp³-hybridized carbons (Fsp3) is 0.389. The molecule has 6 nitrogen and oxygen atoms in total. The van der Waals surface area contributed by atoms with Crippen molar-refractivity contribution >= 4 is 23.2 Å². The van der Waals surface area contributed by atoms with Gasteiger partial charge in [-0.3, -0.25) is 9.80 Å². The van der Waals surface area contributed by atoms with E-state index in [1.807, 2.05) is 24.3 Å². The SMILES string of the molecule is C[C@@H]1CN(Cc2ccccc2)CC[C@@H]1Oc1cccc(Cl)n1.C[C@H]1CN(Cc2ccccc2)CC[C@H]1Oc1cccc(Cl)n1. The van der Waals surface area contributed by atoms with Crippen LogP contribution in [-0.4, -0.2) is 58.2 Å². The quantitative estimate of drug-likeness (QED) is 0.183. The summed E-state index contributed by atoms with van der Waals surface area (Å²) in [7, 11) is 0. The molecule has 8 heteroatoms. The van der Waals surface area contributed by atoms with Gasteiger partial charge in [0.15, 0.2) is 0 Å². The first kappa shape index (κ1) is 32.2. The number of ether oxygens (including phenoxy) is 2. The Balaban J connectivity index is 0.000000175. The van der Waals surface area contributed by atoms with Crippen molar-refractivity contribution in [2.45, 2.75) is 52.0 Å². The number of aromatic nitrogens is 2. The van der Waals surface area contributed by atoms with Crippen molar-refractivity contribution in [2.75, 3.05) is 26.2 Å². The summed E-state index contributed by atoms with van der Waals surface area (Å²) in [6, 6.07) is 32.3. The summed E-state index contributed by atoms with van der Waals surface area (Å²) in [5.74, 6) is 2.19. The molecule has 2 aliphatic heterocycles. The van der Waals surface area contributed by atoms with Crippen molar-refractivity contribution in [1.82, 2.24) is 19.8 Å². The molecule has 0 radical (unpaired) electrons. The van der Waals surface area contributed by atoms with Crippen LogP contribution in [0.4, 0.5) is 0 Å². The number of nitrogens with zero attached hydrogens (tertiary/aromatic N) is 4. The van der Waals surface area contributed by atoms with Gasteiger partial charge >= 0.3 is 0 Å². The number of piperidine rings is 2. The van der Waals surface area contributed by atoms with Crippen LogP contribution in [0.5, 0.6) is 11.8 Å². The average Bonchev–Trinajstić information content (AvgIpc) is 3.01. The maximum absolute atomic E-state index is 6.02. The van der Waals surface area contributed by atoms with Gasteiger partial charge in [-0.05, 0) is 36.1 Å². The highest BCUT2D eigenvalue weighted by atomic mass is 35.5. The maximum atomic E-state index is 6.02. The zero-order valence-corrected chi connectivity index (χ0v) is 27.1. The Morgan fingerprint density at radius 3 is 1.36 bits per heavy atom. The summed E-state index contributed by atoms with van der Waals surface area (Å²) in [6.07, 6.45) is 2.45. The van der Waals surface area contributed by atoms with Gasteiger partial charge in [-0.25, -0.2) is 9.97 Å². The van der Waals surface area contributed by atoms with E-state index in [0.29, 0.717) is 33.9 Å². The lowest BCUT2D eigenvalue weighted by Crippen LogP contribution is -2.44. The van der Waals surface area contributed by atoms with Gasteiger partial charge in [0, 0.05) is 63.2 Å². The van der Waals surface area contributed by atoms with E-state index in [2.05, 4.69) is 94.3 Å². The van der Waals surface area contributed by atoms with Gasteiger partial charge in [0.2, 0.25) is 11.8 Å². The Kier molecular flexibility index (Phi) is 11.9. The smallest absolute Gasteiger partial charge is 0.214 e. The second-order valence-electron chi connectivity index (χ2n) is 11.9. The van der Waals surface area contributed by atoms with Crippen LogP contribution in [0.2, 0.25) is 10.3 Å². The fourth-order valence-corrected chi connectivity index (χ4v) is 6.27. The number of rotatable bonds is 8. The lowest BCUT2D eigenvalue weighted by Gasteiger charge is -2.36. The Morgan fingerprint density at radius 2 is 1.00 bits per heavy atom. The van der Waals surface area contributed by atoms with E-state index < -0.39 is 0 Å². The highest BCUT2D eigenvalue weighted by Crippen LogP contribution is 2.25. The lowest BCUT2D eigenvalue weighted by molar-refractivity contribution is 0.0460. The maximum Gasteiger partial charge on any atom is 0.214 e. The van der Waals surface area contributed by atoms with E-state index >= 15 is 0 Å². The molecule has 2 aromatic carbocycles. The van der Waals surface area contributed by atoms with E-state index in [9.17, 15) is 0 Å². The zero-order valence-electron chi connectivity index (χ0n) is 25.6. The molecule has 0 amide bonds. The molecule has 0 aliphatic carbocycles. The van der Waals surface area contributed by atoms with Gasteiger partial charge in [0.05, 0.1) is 0 Å². The van der Waals surface area contributed by atoms with Crippen molar-refractivity contribution in [3.8, 4) is 11.8 Å². The van der Waals surface area contributed by atoms with Gasteiger partial charge in [-0.1, -0.05) is 110 Å². The Labute approximate surface area is 271 Å². The largest absolute Gasteiger partial charge is 0.474 e. The molecular weight excluding hydrogens is 591 g/mol. The van der Waals surface area contributed by atoms with Crippen LogP contribution in [0.1, 0.15) is 37.8 Å². The van der Waals surface area contributed by atoms with Crippen LogP contribution in [0.15, 0.2) is 97.1 Å². The first-order valence-electron chi connectivity index (χ1n) is 15.5. The second-order valence-corrected chi connectivity index (χ2v) is 12.7. The van der Waals surface area contributed by atoms with Gasteiger partial charge in [0.25, 0.3) is 0 Å². The molecule has 0 saturated carbocycles. The Hall–Kier alpha value is -3.16. The number of halogens is 2. The third kappa shape index (κ3) is 9.93. The van der Waals surface area contributed by atoms with Gasteiger partial charge < -0.3 is 9.47 Å². The normalized spacial score (nSPS) is 22.5. The van der Waals surface area contributed by atoms with E-state index in [0.717, 1.165) is 52.1 Å². The highest BCUT2D eigenvalue weighted by Gasteiger charge is 2.29. The first-order valence-corrected chi connectivity index (χ1v) is 16.3. The summed E-state index contributed by atoms with van der Waals surface area (Å²) in [4.78, 5) is 13.4. The minimum atomic E-state index is 0.206. The third-order valence-corrected chi connectivity index (χ3v) is 8.66. The second kappa shape index (κ2) is 16.2. The molecule has 0 unspecified atom stereocenters. The molecule has 44 heavy (non-hydrogen) atoms. The van der Waals surface area contributed by atoms with Crippen molar-refractivity contribution in [1.29, 1.82) is 0 Å². The molecule has 0 N–H and O–H groups in total. The minimum absolute atomic E-state index is 0.206. The van der Waals surface area contributed by atoms with Crippen LogP contribution in [0.25, 0.3) is 0 Å². The summed E-state index contributed by atoms with van der Waals surface area (Å²) in [5, 5.41) is 0.957. The molecule has 2 aromatic heterocycles.